The molecule has 114 valence electrons. The number of nitrogens with zero attached hydrogens (tertiary/aromatic N) is 1. The van der Waals surface area contributed by atoms with Crippen LogP contribution < -0.4 is 10.6 Å². The molecule has 19 heavy (non-hydrogen) atoms. The van der Waals surface area contributed by atoms with Crippen LogP contribution in [-0.2, 0) is 0 Å². The van der Waals surface area contributed by atoms with Gasteiger partial charge in [-0.1, -0.05) is 13.8 Å². The highest BCUT2D eigenvalue weighted by Crippen LogP contribution is 2.20. The second-order valence-corrected chi connectivity index (χ2v) is 6.34. The van der Waals surface area contributed by atoms with Gasteiger partial charge in [-0.3, -0.25) is 4.90 Å². The molecule has 0 aromatic rings. The SMILES string of the molecule is CCC(CN(C(C)CC)C(C)CCC1NC1C)NC. The number of rotatable bonds is 10. The summed E-state index contributed by atoms with van der Waals surface area (Å²) in [4.78, 5) is 2.71. The molecule has 1 saturated heterocycles. The van der Waals surface area contributed by atoms with Gasteiger partial charge in [-0.2, -0.15) is 0 Å². The van der Waals surface area contributed by atoms with Gasteiger partial charge in [0.15, 0.2) is 0 Å². The third-order valence-corrected chi connectivity index (χ3v) is 4.92. The minimum atomic E-state index is 0.620. The van der Waals surface area contributed by atoms with E-state index in [4.69, 9.17) is 0 Å². The Morgan fingerprint density at radius 2 is 1.79 bits per heavy atom. The molecular weight excluding hydrogens is 234 g/mol. The fourth-order valence-corrected chi connectivity index (χ4v) is 2.91. The molecule has 5 unspecified atom stereocenters. The largest absolute Gasteiger partial charge is 0.316 e. The van der Waals surface area contributed by atoms with Crippen molar-refractivity contribution in [2.75, 3.05) is 13.6 Å². The lowest BCUT2D eigenvalue weighted by molar-refractivity contribution is 0.125. The van der Waals surface area contributed by atoms with E-state index in [2.05, 4.69) is 57.2 Å². The van der Waals surface area contributed by atoms with E-state index in [1.165, 1.54) is 32.2 Å². The molecule has 0 spiro atoms. The van der Waals surface area contributed by atoms with Crippen LogP contribution in [0.4, 0.5) is 0 Å². The smallest absolute Gasteiger partial charge is 0.0222 e. The van der Waals surface area contributed by atoms with Gasteiger partial charge >= 0.3 is 0 Å². The van der Waals surface area contributed by atoms with Gasteiger partial charge in [0, 0.05) is 36.8 Å². The zero-order valence-corrected chi connectivity index (χ0v) is 13.9. The monoisotopic (exact) mass is 269 g/mol. The molecule has 3 nitrogen and oxygen atoms in total. The summed E-state index contributed by atoms with van der Waals surface area (Å²) in [6.07, 6.45) is 5.08. The van der Waals surface area contributed by atoms with Crippen LogP contribution in [-0.4, -0.2) is 48.7 Å². The van der Waals surface area contributed by atoms with E-state index < -0.39 is 0 Å². The number of nitrogens with one attached hydrogen (secondary N) is 2. The fraction of sp³-hybridized carbons (Fsp3) is 1.00. The first-order chi connectivity index (χ1) is 9.03. The Morgan fingerprint density at radius 1 is 1.16 bits per heavy atom. The Morgan fingerprint density at radius 3 is 2.21 bits per heavy atom. The molecule has 1 fully saturated rings. The van der Waals surface area contributed by atoms with Gasteiger partial charge < -0.3 is 10.6 Å². The van der Waals surface area contributed by atoms with Gasteiger partial charge in [-0.15, -0.1) is 0 Å². The van der Waals surface area contributed by atoms with Crippen LogP contribution in [0.15, 0.2) is 0 Å². The minimum absolute atomic E-state index is 0.620. The number of hydrogen-bond acceptors (Lipinski definition) is 3. The maximum absolute atomic E-state index is 3.50. The van der Waals surface area contributed by atoms with Gasteiger partial charge in [0.2, 0.25) is 0 Å². The van der Waals surface area contributed by atoms with Crippen LogP contribution in [0, 0.1) is 0 Å². The molecule has 0 aromatic carbocycles. The third-order valence-electron chi connectivity index (χ3n) is 4.92. The van der Waals surface area contributed by atoms with E-state index in [0.717, 1.165) is 12.1 Å². The standard InChI is InChI=1S/C16H35N3/c1-7-12(3)19(11-15(8-2)17-6)13(4)9-10-16-14(5)18-16/h12-18H,7-11H2,1-6H3. The Bertz CT molecular complexity index is 240. The van der Waals surface area contributed by atoms with Gasteiger partial charge in [0.1, 0.15) is 0 Å². The summed E-state index contributed by atoms with van der Waals surface area (Å²) in [6, 6.07) is 3.53. The normalized spacial score (nSPS) is 27.3. The average molecular weight is 269 g/mol. The molecule has 0 aliphatic carbocycles. The molecule has 0 aromatic heterocycles. The lowest BCUT2D eigenvalue weighted by Crippen LogP contribution is -2.47. The van der Waals surface area contributed by atoms with E-state index in [-0.39, 0.29) is 0 Å². The van der Waals surface area contributed by atoms with Crippen molar-refractivity contribution in [1.82, 2.24) is 15.5 Å². The summed E-state index contributed by atoms with van der Waals surface area (Å²) in [7, 11) is 2.09. The summed E-state index contributed by atoms with van der Waals surface area (Å²) >= 11 is 0. The first kappa shape index (κ1) is 16.9. The topological polar surface area (TPSA) is 37.2 Å². The summed E-state index contributed by atoms with van der Waals surface area (Å²) in [6.45, 7) is 12.8. The zero-order chi connectivity index (χ0) is 14.4. The van der Waals surface area contributed by atoms with Gasteiger partial charge in [0.25, 0.3) is 0 Å². The molecular formula is C16H35N3. The highest BCUT2D eigenvalue weighted by atomic mass is 15.2. The van der Waals surface area contributed by atoms with Crippen molar-refractivity contribution in [3.8, 4) is 0 Å². The second kappa shape index (κ2) is 8.23. The third kappa shape index (κ3) is 5.41. The van der Waals surface area contributed by atoms with E-state index >= 15 is 0 Å². The average Bonchev–Trinajstić information content (AvgIpc) is 3.12. The molecule has 0 saturated carbocycles. The second-order valence-electron chi connectivity index (χ2n) is 6.34. The van der Waals surface area contributed by atoms with Crippen LogP contribution in [0.1, 0.15) is 60.3 Å². The minimum Gasteiger partial charge on any atom is -0.316 e. The van der Waals surface area contributed by atoms with Crippen molar-refractivity contribution in [3.05, 3.63) is 0 Å². The molecule has 1 heterocycles. The Labute approximate surface area is 120 Å². The number of likely N-dealkylation sites (N-methyl/N-ethyl adjacent to an activating group) is 1. The molecule has 0 radical (unpaired) electrons. The van der Waals surface area contributed by atoms with Crippen LogP contribution >= 0.6 is 0 Å². The van der Waals surface area contributed by atoms with Crippen LogP contribution in [0.2, 0.25) is 0 Å². The first-order valence-corrected chi connectivity index (χ1v) is 8.22. The Kier molecular flexibility index (Phi) is 7.33. The molecule has 1 aliphatic heterocycles. The van der Waals surface area contributed by atoms with Crippen molar-refractivity contribution in [2.45, 2.75) is 90.5 Å². The van der Waals surface area contributed by atoms with E-state index in [0.29, 0.717) is 18.1 Å². The van der Waals surface area contributed by atoms with Gasteiger partial charge in [-0.05, 0) is 53.5 Å². The maximum Gasteiger partial charge on any atom is 0.0222 e. The quantitative estimate of drug-likeness (QED) is 0.599. The van der Waals surface area contributed by atoms with Crippen molar-refractivity contribution in [2.24, 2.45) is 0 Å². The van der Waals surface area contributed by atoms with Crippen molar-refractivity contribution < 1.29 is 0 Å². The first-order valence-electron chi connectivity index (χ1n) is 8.22. The van der Waals surface area contributed by atoms with Crippen molar-refractivity contribution >= 4 is 0 Å². The summed E-state index contributed by atoms with van der Waals surface area (Å²) in [5.74, 6) is 0. The molecule has 1 rings (SSSR count). The molecule has 1 aliphatic rings. The maximum atomic E-state index is 3.50. The van der Waals surface area contributed by atoms with E-state index in [9.17, 15) is 0 Å². The summed E-state index contributed by atoms with van der Waals surface area (Å²) in [5, 5.41) is 6.95. The molecule has 3 heteroatoms. The summed E-state index contributed by atoms with van der Waals surface area (Å²) < 4.78 is 0. The predicted octanol–water partition coefficient (Wildman–Crippen LogP) is 2.61. The fourth-order valence-electron chi connectivity index (χ4n) is 2.91. The van der Waals surface area contributed by atoms with Crippen molar-refractivity contribution in [1.29, 1.82) is 0 Å². The lowest BCUT2D eigenvalue weighted by atomic mass is 10.0. The highest BCUT2D eigenvalue weighted by molar-refractivity contribution is 4.94. The van der Waals surface area contributed by atoms with Crippen LogP contribution in [0.25, 0.3) is 0 Å². The zero-order valence-electron chi connectivity index (χ0n) is 13.9. The van der Waals surface area contributed by atoms with E-state index in [1.54, 1.807) is 0 Å². The Hall–Kier alpha value is -0.120. The highest BCUT2D eigenvalue weighted by Gasteiger charge is 2.32. The molecule has 2 N–H and O–H groups in total. The summed E-state index contributed by atoms with van der Waals surface area (Å²) in [5.41, 5.74) is 0. The predicted molar refractivity (Wildman–Crippen MR) is 84.7 cm³/mol. The lowest BCUT2D eigenvalue weighted by Gasteiger charge is -2.37. The van der Waals surface area contributed by atoms with Crippen LogP contribution in [0.3, 0.4) is 0 Å². The Balaban J connectivity index is 2.46. The molecule has 0 amide bonds. The van der Waals surface area contributed by atoms with Crippen LogP contribution in [0.5, 0.6) is 0 Å². The van der Waals surface area contributed by atoms with Crippen molar-refractivity contribution in [3.63, 3.8) is 0 Å². The van der Waals surface area contributed by atoms with E-state index in [1.807, 2.05) is 0 Å². The number of hydrogen-bond donors (Lipinski definition) is 2. The van der Waals surface area contributed by atoms with Gasteiger partial charge in [-0.25, -0.2) is 0 Å². The molecule has 0 bridgehead atoms. The van der Waals surface area contributed by atoms with Gasteiger partial charge in [0.05, 0.1) is 0 Å². The molecule has 5 atom stereocenters.